The third-order valence-corrected chi connectivity index (χ3v) is 0. The molecule has 0 saturated heterocycles. The molecule has 0 N–H and O–H groups in total. The van der Waals surface area contributed by atoms with Crippen LogP contribution in [0.1, 0.15) is 6.92 Å². The maximum atomic E-state index is 8.89. The summed E-state index contributed by atoms with van der Waals surface area (Å²) in [6.45, 7) is 0.972. The minimum atomic E-state index is -1.08. The zero-order valence-corrected chi connectivity index (χ0v) is 7.38. The minimum Gasteiger partial charge on any atom is -0.550 e. The van der Waals surface area contributed by atoms with Gasteiger partial charge in [-0.25, -0.2) is 0 Å². The third kappa shape index (κ3) is 163. The molecule has 0 amide bonds. The molecule has 0 fully saturated rings. The van der Waals surface area contributed by atoms with Crippen LogP contribution in [0.4, 0.5) is 0 Å². The molecular weight excluding hydrogens is 260 g/mol. The summed E-state index contributed by atoms with van der Waals surface area (Å²) in [6, 6.07) is 0. The van der Waals surface area contributed by atoms with Crippen LogP contribution >= 0.6 is 0 Å². The number of aliphatic carboxylic acids is 1. The molecule has 0 saturated carbocycles. The van der Waals surface area contributed by atoms with Gasteiger partial charge in [0.15, 0.2) is 0 Å². The van der Waals surface area contributed by atoms with Crippen molar-refractivity contribution in [3.05, 3.63) is 0 Å². The Morgan fingerprint density at radius 2 is 1.80 bits per heavy atom. The van der Waals surface area contributed by atoms with Gasteiger partial charge in [0, 0.05) is 5.97 Å². The summed E-state index contributed by atoms with van der Waals surface area (Å²) in [5.41, 5.74) is 0. The van der Waals surface area contributed by atoms with Crippen LogP contribution < -0.4 is 5.11 Å². The number of carboxylic acids is 1. The van der Waals surface area contributed by atoms with Crippen LogP contribution in [0.5, 0.6) is 0 Å². The fourth-order valence-electron chi connectivity index (χ4n) is 0. The topological polar surface area (TPSA) is 40.1 Å². The van der Waals surface area contributed by atoms with E-state index in [4.69, 9.17) is 9.90 Å². The third-order valence-electron chi connectivity index (χ3n) is 0. The maximum Gasteiger partial charge on any atom is 1.00 e. The van der Waals surface area contributed by atoms with E-state index in [1.807, 2.05) is 0 Å². The van der Waals surface area contributed by atoms with Crippen molar-refractivity contribution in [1.29, 1.82) is 0 Å². The summed E-state index contributed by atoms with van der Waals surface area (Å²) >= 11 is 0. The molecular formula is C2H3O2Tl. The van der Waals surface area contributed by atoms with Crippen LogP contribution in [0.15, 0.2) is 0 Å². The Morgan fingerprint density at radius 1 is 1.80 bits per heavy atom. The van der Waals surface area contributed by atoms with Gasteiger partial charge in [-0.2, -0.15) is 0 Å². The Bertz CT molecular complexity index is 30.6. The summed E-state index contributed by atoms with van der Waals surface area (Å²) in [6.07, 6.45) is 0. The molecule has 0 aromatic carbocycles. The number of carboxylic acid groups (broad SMARTS) is 1. The molecule has 0 aromatic heterocycles. The molecule has 0 aliphatic carbocycles. The minimum absolute atomic E-state index is 0. The molecule has 0 atom stereocenters. The van der Waals surface area contributed by atoms with Gasteiger partial charge in [0.05, 0.1) is 0 Å². The van der Waals surface area contributed by atoms with Crippen molar-refractivity contribution in [3.63, 3.8) is 0 Å². The van der Waals surface area contributed by atoms with Crippen LogP contribution in [0, 0.1) is 0 Å². The molecule has 3 heteroatoms. The van der Waals surface area contributed by atoms with Crippen molar-refractivity contribution < 1.29 is 9.90 Å². The van der Waals surface area contributed by atoms with Gasteiger partial charge < -0.3 is 9.90 Å². The van der Waals surface area contributed by atoms with Gasteiger partial charge in [-0.3, -0.25) is 0 Å². The summed E-state index contributed by atoms with van der Waals surface area (Å²) in [5.74, 6) is -1.08. The number of hydrogen-bond acceptors (Lipinski definition) is 2. The second kappa shape index (κ2) is 4.39. The van der Waals surface area contributed by atoms with Crippen LogP contribution in [0.2, 0.25) is 0 Å². The van der Waals surface area contributed by atoms with Crippen molar-refractivity contribution in [2.45, 2.75) is 6.92 Å². The quantitative estimate of drug-likeness (QED) is 0.493. The average molecular weight is 263 g/mol. The zero-order chi connectivity index (χ0) is 3.58. The molecule has 5 heavy (non-hydrogen) atoms. The van der Waals surface area contributed by atoms with Gasteiger partial charge in [-0.1, -0.05) is 0 Å². The fourth-order valence-corrected chi connectivity index (χ4v) is 0. The molecule has 2 nitrogen and oxygen atoms in total. The standard InChI is InChI=1S/C2H4O2.Tl/c1-2(3)4;/h1H3,(H,3,4);/q;+1/p-1. The number of rotatable bonds is 0. The van der Waals surface area contributed by atoms with Crippen molar-refractivity contribution in [2.24, 2.45) is 0 Å². The first-order valence-electron chi connectivity index (χ1n) is 0.908. The predicted molar refractivity (Wildman–Crippen MR) is 16.4 cm³/mol. The van der Waals surface area contributed by atoms with Gasteiger partial charge in [0.1, 0.15) is 0 Å². The molecule has 0 radical (unpaired) electrons. The molecule has 0 aliphatic rings. The zero-order valence-electron chi connectivity index (χ0n) is 2.89. The molecule has 26 valence electrons. The summed E-state index contributed by atoms with van der Waals surface area (Å²) in [7, 11) is 0. The largest absolute Gasteiger partial charge is 1.00 e. The molecule has 0 rings (SSSR count). The number of carbonyl (C=O) groups excluding carboxylic acids is 1. The van der Waals surface area contributed by atoms with E-state index in [1.54, 1.807) is 0 Å². The molecule has 0 aromatic rings. The van der Waals surface area contributed by atoms with Crippen LogP contribution in [0.3, 0.4) is 0 Å². The molecule has 0 bridgehead atoms. The van der Waals surface area contributed by atoms with Crippen LogP contribution in [-0.2, 0) is 4.79 Å². The van der Waals surface area contributed by atoms with E-state index in [1.165, 1.54) is 0 Å². The molecule has 0 unspecified atom stereocenters. The molecule has 0 spiro atoms. The van der Waals surface area contributed by atoms with E-state index in [-0.39, 0.29) is 27.3 Å². The fraction of sp³-hybridized carbons (Fsp3) is 0.500. The summed E-state index contributed by atoms with van der Waals surface area (Å²) in [4.78, 5) is 8.89. The first-order chi connectivity index (χ1) is 1.73. The monoisotopic (exact) mass is 264 g/mol. The first kappa shape index (κ1) is 9.04. The Morgan fingerprint density at radius 3 is 1.80 bits per heavy atom. The normalized spacial score (nSPS) is 5.00. The smallest absolute Gasteiger partial charge is 0.550 e. The van der Waals surface area contributed by atoms with Gasteiger partial charge in [0.2, 0.25) is 0 Å². The van der Waals surface area contributed by atoms with E-state index in [0.717, 1.165) is 6.92 Å². The maximum absolute atomic E-state index is 8.89. The van der Waals surface area contributed by atoms with Gasteiger partial charge in [-0.15, -0.1) is 0 Å². The van der Waals surface area contributed by atoms with E-state index in [9.17, 15) is 0 Å². The Kier molecular flexibility index (Phi) is 7.94. The predicted octanol–water partition coefficient (Wildman–Crippen LogP) is -1.62. The van der Waals surface area contributed by atoms with Crippen molar-refractivity contribution in [1.82, 2.24) is 0 Å². The second-order valence-corrected chi connectivity index (χ2v) is 0.492. The summed E-state index contributed by atoms with van der Waals surface area (Å²) in [5, 5.41) is 8.89. The van der Waals surface area contributed by atoms with E-state index >= 15 is 0 Å². The van der Waals surface area contributed by atoms with Gasteiger partial charge in [0.25, 0.3) is 0 Å². The van der Waals surface area contributed by atoms with E-state index < -0.39 is 5.97 Å². The van der Waals surface area contributed by atoms with Gasteiger partial charge in [-0.05, 0) is 6.92 Å². The van der Waals surface area contributed by atoms with Gasteiger partial charge >= 0.3 is 27.3 Å². The molecule has 0 aliphatic heterocycles. The van der Waals surface area contributed by atoms with Crippen molar-refractivity contribution in [3.8, 4) is 0 Å². The van der Waals surface area contributed by atoms with E-state index in [2.05, 4.69) is 0 Å². The van der Waals surface area contributed by atoms with Crippen molar-refractivity contribution in [2.75, 3.05) is 0 Å². The average Bonchev–Trinajstić information content (AvgIpc) is 0.811. The van der Waals surface area contributed by atoms with Crippen LogP contribution in [0.25, 0.3) is 0 Å². The van der Waals surface area contributed by atoms with E-state index in [0.29, 0.717) is 0 Å². The Balaban J connectivity index is 0. The van der Waals surface area contributed by atoms with Crippen LogP contribution in [-0.4, -0.2) is 33.3 Å². The van der Waals surface area contributed by atoms with Crippen molar-refractivity contribution >= 4 is 33.3 Å². The second-order valence-electron chi connectivity index (χ2n) is 0.492. The number of hydrogen-bond donors (Lipinski definition) is 0. The first-order valence-corrected chi connectivity index (χ1v) is 0.908. The SMILES string of the molecule is CC(=O)[O-].[Tl+]. The number of carbonyl (C=O) groups is 1. The molecule has 0 heterocycles. The Hall–Kier alpha value is 0.392. The summed E-state index contributed by atoms with van der Waals surface area (Å²) < 4.78 is 0. The Labute approximate surface area is 50.3 Å².